The molecule has 2 aromatic heterocycles. The van der Waals surface area contributed by atoms with Crippen LogP contribution in [0.1, 0.15) is 35.3 Å². The Labute approximate surface area is 135 Å². The Morgan fingerprint density at radius 3 is 3.09 bits per heavy atom. The Morgan fingerprint density at radius 2 is 2.17 bits per heavy atom. The van der Waals surface area contributed by atoms with Crippen molar-refractivity contribution in [2.45, 2.75) is 25.4 Å². The zero-order valence-electron chi connectivity index (χ0n) is 12.3. The van der Waals surface area contributed by atoms with Gasteiger partial charge in [0.1, 0.15) is 11.1 Å². The Balaban J connectivity index is 1.44. The van der Waals surface area contributed by atoms with Crippen molar-refractivity contribution in [1.29, 1.82) is 0 Å². The minimum atomic E-state index is 0.0190. The number of aromatic nitrogens is 4. The van der Waals surface area contributed by atoms with Gasteiger partial charge in [0.2, 0.25) is 11.8 Å². The average Bonchev–Trinajstić information content (AvgIpc) is 3.30. The predicted molar refractivity (Wildman–Crippen MR) is 82.0 cm³/mol. The highest BCUT2D eigenvalue weighted by Gasteiger charge is 2.25. The first-order valence-corrected chi connectivity index (χ1v) is 8.39. The van der Waals surface area contributed by atoms with Gasteiger partial charge >= 0.3 is 0 Å². The molecule has 1 fully saturated rings. The minimum absolute atomic E-state index is 0.0190. The standard InChI is InChI=1S/C15H14N4O3S/c1-2-11(20-5-1)14-16-17-15-19(14)18-13(23-15)7-9-3-4-10-12(6-9)22-8-21-10/h3-4,6,11H,1-2,5,7-8H2/t11-/m1/s1. The first kappa shape index (κ1) is 13.3. The van der Waals surface area contributed by atoms with E-state index in [1.54, 1.807) is 11.3 Å². The number of benzene rings is 1. The molecule has 0 radical (unpaired) electrons. The van der Waals surface area contributed by atoms with Crippen LogP contribution in [0.5, 0.6) is 11.5 Å². The van der Waals surface area contributed by atoms with Crippen LogP contribution in [-0.4, -0.2) is 33.2 Å². The first-order valence-electron chi connectivity index (χ1n) is 7.58. The zero-order chi connectivity index (χ0) is 15.2. The molecule has 1 aromatic carbocycles. The number of nitrogens with zero attached hydrogens (tertiary/aromatic N) is 4. The third-order valence-corrected chi connectivity index (χ3v) is 4.97. The highest BCUT2D eigenvalue weighted by molar-refractivity contribution is 7.16. The molecule has 1 saturated heterocycles. The van der Waals surface area contributed by atoms with E-state index >= 15 is 0 Å². The van der Waals surface area contributed by atoms with Crippen molar-refractivity contribution >= 4 is 16.3 Å². The summed E-state index contributed by atoms with van der Waals surface area (Å²) in [7, 11) is 0. The lowest BCUT2D eigenvalue weighted by molar-refractivity contribution is 0.103. The Kier molecular flexibility index (Phi) is 2.98. The van der Waals surface area contributed by atoms with Crippen LogP contribution in [0.15, 0.2) is 18.2 Å². The van der Waals surface area contributed by atoms with Gasteiger partial charge in [-0.15, -0.1) is 10.2 Å². The van der Waals surface area contributed by atoms with E-state index in [1.807, 2.05) is 22.7 Å². The predicted octanol–water partition coefficient (Wildman–Crippen LogP) is 2.36. The maximum Gasteiger partial charge on any atom is 0.234 e. The van der Waals surface area contributed by atoms with E-state index in [2.05, 4.69) is 15.3 Å². The number of hydrogen-bond donors (Lipinski definition) is 0. The number of fused-ring (bicyclic) bond motifs is 2. The summed E-state index contributed by atoms with van der Waals surface area (Å²) in [4.78, 5) is 0.811. The second-order valence-electron chi connectivity index (χ2n) is 5.61. The maximum absolute atomic E-state index is 5.69. The van der Waals surface area contributed by atoms with Crippen LogP contribution in [0.25, 0.3) is 4.96 Å². The van der Waals surface area contributed by atoms with E-state index in [1.165, 1.54) is 0 Å². The number of hydrogen-bond acceptors (Lipinski definition) is 7. The van der Waals surface area contributed by atoms with Crippen LogP contribution in [0.4, 0.5) is 0 Å². The molecule has 4 heterocycles. The van der Waals surface area contributed by atoms with E-state index in [0.29, 0.717) is 6.79 Å². The summed E-state index contributed by atoms with van der Waals surface area (Å²) in [6.07, 6.45) is 2.80. The molecule has 2 aliphatic heterocycles. The van der Waals surface area contributed by atoms with Crippen molar-refractivity contribution in [3.05, 3.63) is 34.6 Å². The molecular weight excluding hydrogens is 316 g/mol. The summed E-state index contributed by atoms with van der Waals surface area (Å²) in [6.45, 7) is 1.08. The van der Waals surface area contributed by atoms with E-state index < -0.39 is 0 Å². The molecule has 2 aliphatic rings. The Hall–Kier alpha value is -2.19. The minimum Gasteiger partial charge on any atom is -0.454 e. The van der Waals surface area contributed by atoms with Gasteiger partial charge < -0.3 is 14.2 Å². The second-order valence-corrected chi connectivity index (χ2v) is 6.65. The molecule has 0 N–H and O–H groups in total. The highest BCUT2D eigenvalue weighted by atomic mass is 32.1. The Bertz CT molecular complexity index is 869. The molecule has 3 aromatic rings. The van der Waals surface area contributed by atoms with E-state index in [0.717, 1.165) is 58.7 Å². The number of rotatable bonds is 3. The summed E-state index contributed by atoms with van der Waals surface area (Å²) < 4.78 is 18.3. The lowest BCUT2D eigenvalue weighted by Crippen LogP contribution is -2.04. The smallest absolute Gasteiger partial charge is 0.234 e. The fourth-order valence-corrected chi connectivity index (χ4v) is 3.83. The van der Waals surface area contributed by atoms with Crippen molar-refractivity contribution in [2.24, 2.45) is 0 Å². The molecule has 0 unspecified atom stereocenters. The average molecular weight is 330 g/mol. The van der Waals surface area contributed by atoms with Crippen LogP contribution in [-0.2, 0) is 11.2 Å². The fourth-order valence-electron chi connectivity index (χ4n) is 2.95. The molecular formula is C15H14N4O3S. The van der Waals surface area contributed by atoms with Crippen LogP contribution in [0, 0.1) is 0 Å². The molecule has 0 bridgehead atoms. The van der Waals surface area contributed by atoms with Crippen molar-refractivity contribution in [3.8, 4) is 11.5 Å². The van der Waals surface area contributed by atoms with Gasteiger partial charge in [-0.3, -0.25) is 0 Å². The Morgan fingerprint density at radius 1 is 1.22 bits per heavy atom. The first-order chi connectivity index (χ1) is 11.4. The summed E-state index contributed by atoms with van der Waals surface area (Å²) in [5.74, 6) is 2.41. The third-order valence-electron chi connectivity index (χ3n) is 4.07. The topological polar surface area (TPSA) is 70.8 Å². The van der Waals surface area contributed by atoms with Crippen LogP contribution >= 0.6 is 11.3 Å². The lowest BCUT2D eigenvalue weighted by Gasteiger charge is -2.04. The third kappa shape index (κ3) is 2.25. The molecule has 7 nitrogen and oxygen atoms in total. The molecule has 0 saturated carbocycles. The molecule has 5 rings (SSSR count). The normalized spacial score (nSPS) is 19.7. The SMILES string of the molecule is c1cc2c(cc1Cc1nn3c([C@H]4CCCO4)nnc3s1)OCO2. The van der Waals surface area contributed by atoms with Gasteiger partial charge in [0, 0.05) is 13.0 Å². The molecule has 8 heteroatoms. The van der Waals surface area contributed by atoms with Gasteiger partial charge in [0.05, 0.1) is 0 Å². The van der Waals surface area contributed by atoms with Crippen molar-refractivity contribution in [1.82, 2.24) is 19.8 Å². The molecule has 1 atom stereocenters. The molecule has 23 heavy (non-hydrogen) atoms. The zero-order valence-corrected chi connectivity index (χ0v) is 13.1. The van der Waals surface area contributed by atoms with Crippen molar-refractivity contribution in [2.75, 3.05) is 13.4 Å². The summed E-state index contributed by atoms with van der Waals surface area (Å²) in [5.41, 5.74) is 1.14. The maximum atomic E-state index is 5.69. The summed E-state index contributed by atoms with van der Waals surface area (Å²) in [6, 6.07) is 5.98. The van der Waals surface area contributed by atoms with Crippen LogP contribution in [0.2, 0.25) is 0 Å². The monoisotopic (exact) mass is 330 g/mol. The largest absolute Gasteiger partial charge is 0.454 e. The van der Waals surface area contributed by atoms with E-state index in [9.17, 15) is 0 Å². The van der Waals surface area contributed by atoms with Gasteiger partial charge in [-0.2, -0.15) is 9.61 Å². The van der Waals surface area contributed by atoms with E-state index in [-0.39, 0.29) is 6.10 Å². The molecule has 118 valence electrons. The quantitative estimate of drug-likeness (QED) is 0.734. The second kappa shape index (κ2) is 5.17. The van der Waals surface area contributed by atoms with Crippen LogP contribution in [0.3, 0.4) is 0 Å². The number of ether oxygens (including phenoxy) is 3. The van der Waals surface area contributed by atoms with Crippen molar-refractivity contribution < 1.29 is 14.2 Å². The van der Waals surface area contributed by atoms with Crippen LogP contribution < -0.4 is 9.47 Å². The van der Waals surface area contributed by atoms with Gasteiger partial charge in [-0.1, -0.05) is 17.4 Å². The van der Waals surface area contributed by atoms with Crippen molar-refractivity contribution in [3.63, 3.8) is 0 Å². The van der Waals surface area contributed by atoms with E-state index in [4.69, 9.17) is 14.2 Å². The summed E-state index contributed by atoms with van der Waals surface area (Å²) in [5, 5.41) is 14.1. The summed E-state index contributed by atoms with van der Waals surface area (Å²) >= 11 is 1.56. The van der Waals surface area contributed by atoms with Gasteiger partial charge in [-0.05, 0) is 30.5 Å². The lowest BCUT2D eigenvalue weighted by atomic mass is 10.1. The highest BCUT2D eigenvalue weighted by Crippen LogP contribution is 2.34. The molecule has 0 aliphatic carbocycles. The molecule has 0 spiro atoms. The van der Waals surface area contributed by atoms with Gasteiger partial charge in [0.15, 0.2) is 17.3 Å². The molecule has 0 amide bonds. The fraction of sp³-hybridized carbons (Fsp3) is 0.400. The van der Waals surface area contributed by atoms with Gasteiger partial charge in [0.25, 0.3) is 0 Å². The van der Waals surface area contributed by atoms with Gasteiger partial charge in [-0.25, -0.2) is 0 Å².